The predicted molar refractivity (Wildman–Crippen MR) is 109 cm³/mol. The first kappa shape index (κ1) is 19.4. The van der Waals surface area contributed by atoms with Gasteiger partial charge < -0.3 is 15.0 Å². The van der Waals surface area contributed by atoms with Crippen LogP contribution < -0.4 is 10.1 Å². The first-order valence-corrected chi connectivity index (χ1v) is 9.81. The molecule has 1 heterocycles. The van der Waals surface area contributed by atoms with Crippen molar-refractivity contribution in [2.24, 2.45) is 5.92 Å². The number of piperidine rings is 1. The molecule has 142 valence electrons. The maximum Gasteiger partial charge on any atom is 0.255 e. The van der Waals surface area contributed by atoms with Crippen LogP contribution in [0.3, 0.4) is 0 Å². The summed E-state index contributed by atoms with van der Waals surface area (Å²) in [5.74, 6) is 1.11. The Morgan fingerprint density at radius 1 is 1.11 bits per heavy atom. The van der Waals surface area contributed by atoms with Crippen LogP contribution in [0.15, 0.2) is 46.9 Å². The maximum absolute atomic E-state index is 12.7. The van der Waals surface area contributed by atoms with Crippen molar-refractivity contribution in [2.75, 3.05) is 25.5 Å². The van der Waals surface area contributed by atoms with Gasteiger partial charge in [-0.15, -0.1) is 0 Å². The molecule has 0 spiro atoms. The molecule has 2 aromatic carbocycles. The lowest BCUT2D eigenvalue weighted by Gasteiger charge is -2.30. The summed E-state index contributed by atoms with van der Waals surface area (Å²) in [4.78, 5) is 27.1. The quantitative estimate of drug-likeness (QED) is 0.771. The third-order valence-corrected chi connectivity index (χ3v) is 5.47. The summed E-state index contributed by atoms with van der Waals surface area (Å²) >= 11 is 3.38. The van der Waals surface area contributed by atoms with Crippen LogP contribution in [0.25, 0.3) is 0 Å². The third kappa shape index (κ3) is 4.69. The molecule has 1 aliphatic rings. The Hall–Kier alpha value is -2.34. The largest absolute Gasteiger partial charge is 0.496 e. The van der Waals surface area contributed by atoms with Gasteiger partial charge in [-0.2, -0.15) is 0 Å². The summed E-state index contributed by atoms with van der Waals surface area (Å²) in [6.07, 6.45) is 2.07. The zero-order chi connectivity index (χ0) is 19.4. The summed E-state index contributed by atoms with van der Waals surface area (Å²) in [6, 6.07) is 12.2. The molecule has 0 unspecified atom stereocenters. The summed E-state index contributed by atoms with van der Waals surface area (Å²) in [7, 11) is 1.57. The number of anilines is 1. The van der Waals surface area contributed by atoms with E-state index < -0.39 is 0 Å². The van der Waals surface area contributed by atoms with Gasteiger partial charge in [0.15, 0.2) is 0 Å². The molecule has 2 amide bonds. The number of halogens is 1. The highest BCUT2D eigenvalue weighted by molar-refractivity contribution is 9.10. The van der Waals surface area contributed by atoms with Gasteiger partial charge in [0, 0.05) is 29.9 Å². The molecule has 0 aromatic heterocycles. The number of carbonyl (C=O) groups excluding carboxylic acids is 2. The van der Waals surface area contributed by atoms with Crippen LogP contribution in [-0.2, 0) is 0 Å². The van der Waals surface area contributed by atoms with Crippen molar-refractivity contribution >= 4 is 33.4 Å². The first-order valence-electron chi connectivity index (χ1n) is 9.02. The standard InChI is InChI=1S/C21H23BrN2O3/c1-14-8-10-24(11-9-14)21(26)16-4-3-5-17(12-16)23-20(25)15-6-7-19(27-2)18(22)13-15/h3-7,12-14H,8-11H2,1-2H3,(H,23,25). The van der Waals surface area contributed by atoms with Gasteiger partial charge >= 0.3 is 0 Å². The minimum atomic E-state index is -0.241. The summed E-state index contributed by atoms with van der Waals surface area (Å²) < 4.78 is 5.89. The van der Waals surface area contributed by atoms with Crippen LogP contribution in [0.2, 0.25) is 0 Å². The molecule has 1 aliphatic heterocycles. The number of hydrogen-bond donors (Lipinski definition) is 1. The van der Waals surface area contributed by atoms with Gasteiger partial charge in [0.25, 0.3) is 11.8 Å². The van der Waals surface area contributed by atoms with Crippen molar-refractivity contribution in [3.05, 3.63) is 58.1 Å². The highest BCUT2D eigenvalue weighted by Gasteiger charge is 2.21. The maximum atomic E-state index is 12.7. The number of carbonyl (C=O) groups is 2. The average Bonchev–Trinajstić information content (AvgIpc) is 2.68. The van der Waals surface area contributed by atoms with Crippen molar-refractivity contribution in [3.8, 4) is 5.75 Å². The number of amides is 2. The fourth-order valence-electron chi connectivity index (χ4n) is 3.14. The van der Waals surface area contributed by atoms with Gasteiger partial charge in [0.05, 0.1) is 11.6 Å². The van der Waals surface area contributed by atoms with E-state index in [1.165, 1.54) is 0 Å². The lowest BCUT2D eigenvalue weighted by Crippen LogP contribution is -2.37. The molecule has 1 N–H and O–H groups in total. The number of likely N-dealkylation sites (tertiary alicyclic amines) is 1. The third-order valence-electron chi connectivity index (χ3n) is 4.85. The molecule has 0 radical (unpaired) electrons. The lowest BCUT2D eigenvalue weighted by molar-refractivity contribution is 0.0697. The lowest BCUT2D eigenvalue weighted by atomic mass is 9.98. The number of rotatable bonds is 4. The van der Waals surface area contributed by atoms with E-state index in [0.29, 0.717) is 33.0 Å². The molecule has 0 aliphatic carbocycles. The Balaban J connectivity index is 1.71. The molecule has 2 aromatic rings. The average molecular weight is 431 g/mol. The fraction of sp³-hybridized carbons (Fsp3) is 0.333. The second kappa shape index (κ2) is 8.57. The Labute approximate surface area is 167 Å². The zero-order valence-corrected chi connectivity index (χ0v) is 17.1. The number of nitrogens with one attached hydrogen (secondary N) is 1. The molecular formula is C21H23BrN2O3. The van der Waals surface area contributed by atoms with Crippen LogP contribution in [0.5, 0.6) is 5.75 Å². The molecule has 27 heavy (non-hydrogen) atoms. The smallest absolute Gasteiger partial charge is 0.255 e. The van der Waals surface area contributed by atoms with Crippen molar-refractivity contribution in [3.63, 3.8) is 0 Å². The van der Waals surface area contributed by atoms with Crippen LogP contribution in [0.1, 0.15) is 40.5 Å². The van der Waals surface area contributed by atoms with E-state index in [-0.39, 0.29) is 11.8 Å². The van der Waals surface area contributed by atoms with Crippen LogP contribution >= 0.6 is 15.9 Å². The zero-order valence-electron chi connectivity index (χ0n) is 15.5. The summed E-state index contributed by atoms with van der Waals surface area (Å²) in [5, 5.41) is 2.86. The van der Waals surface area contributed by atoms with E-state index in [1.807, 2.05) is 4.90 Å². The van der Waals surface area contributed by atoms with Gasteiger partial charge in [-0.3, -0.25) is 9.59 Å². The monoisotopic (exact) mass is 430 g/mol. The van der Waals surface area contributed by atoms with Crippen LogP contribution in [-0.4, -0.2) is 36.9 Å². The van der Waals surface area contributed by atoms with Crippen LogP contribution in [0.4, 0.5) is 5.69 Å². The number of benzene rings is 2. The van der Waals surface area contributed by atoms with Gasteiger partial charge in [-0.1, -0.05) is 13.0 Å². The van der Waals surface area contributed by atoms with E-state index >= 15 is 0 Å². The van der Waals surface area contributed by atoms with Gasteiger partial charge in [-0.25, -0.2) is 0 Å². The summed E-state index contributed by atoms with van der Waals surface area (Å²) in [6.45, 7) is 3.79. The van der Waals surface area contributed by atoms with E-state index in [9.17, 15) is 9.59 Å². The molecule has 5 nitrogen and oxygen atoms in total. The second-order valence-electron chi connectivity index (χ2n) is 6.86. The van der Waals surface area contributed by atoms with E-state index in [0.717, 1.165) is 25.9 Å². The molecule has 0 saturated carbocycles. The Morgan fingerprint density at radius 3 is 2.52 bits per heavy atom. The number of methoxy groups -OCH3 is 1. The minimum Gasteiger partial charge on any atom is -0.496 e. The highest BCUT2D eigenvalue weighted by atomic mass is 79.9. The van der Waals surface area contributed by atoms with Crippen molar-refractivity contribution in [1.82, 2.24) is 4.90 Å². The fourth-order valence-corrected chi connectivity index (χ4v) is 3.68. The normalized spacial score (nSPS) is 14.7. The first-order chi connectivity index (χ1) is 13.0. The highest BCUT2D eigenvalue weighted by Crippen LogP contribution is 2.26. The Kier molecular flexibility index (Phi) is 6.16. The Morgan fingerprint density at radius 2 is 1.85 bits per heavy atom. The molecule has 0 bridgehead atoms. The minimum absolute atomic E-state index is 0.0187. The Bertz CT molecular complexity index is 845. The van der Waals surface area contributed by atoms with Crippen molar-refractivity contribution in [2.45, 2.75) is 19.8 Å². The molecule has 3 rings (SSSR count). The number of nitrogens with zero attached hydrogens (tertiary/aromatic N) is 1. The topological polar surface area (TPSA) is 58.6 Å². The molecular weight excluding hydrogens is 408 g/mol. The van der Waals surface area contributed by atoms with Crippen LogP contribution in [0, 0.1) is 5.92 Å². The summed E-state index contributed by atoms with van der Waals surface area (Å²) in [5.41, 5.74) is 1.70. The van der Waals surface area contributed by atoms with E-state index in [4.69, 9.17) is 4.74 Å². The number of hydrogen-bond acceptors (Lipinski definition) is 3. The predicted octanol–water partition coefficient (Wildman–Crippen LogP) is 4.58. The van der Waals surface area contributed by atoms with Crippen molar-refractivity contribution in [1.29, 1.82) is 0 Å². The van der Waals surface area contributed by atoms with E-state index in [2.05, 4.69) is 28.2 Å². The van der Waals surface area contributed by atoms with Gasteiger partial charge in [0.2, 0.25) is 0 Å². The van der Waals surface area contributed by atoms with Gasteiger partial charge in [-0.05, 0) is 71.1 Å². The van der Waals surface area contributed by atoms with Gasteiger partial charge in [0.1, 0.15) is 5.75 Å². The van der Waals surface area contributed by atoms with Crippen molar-refractivity contribution < 1.29 is 14.3 Å². The second-order valence-corrected chi connectivity index (χ2v) is 7.71. The number of ether oxygens (including phenoxy) is 1. The molecule has 6 heteroatoms. The SMILES string of the molecule is COc1ccc(C(=O)Nc2cccc(C(=O)N3CCC(C)CC3)c2)cc1Br. The molecule has 0 atom stereocenters. The molecule has 1 saturated heterocycles. The van der Waals surface area contributed by atoms with E-state index in [1.54, 1.807) is 49.6 Å². The molecule has 1 fully saturated rings.